The third kappa shape index (κ3) is 3.43. The second-order valence-corrected chi connectivity index (χ2v) is 7.05. The zero-order valence-corrected chi connectivity index (χ0v) is 11.7. The maximum Gasteiger partial charge on any atom is 0.0760 e. The van der Waals surface area contributed by atoms with Crippen molar-refractivity contribution in [3.63, 3.8) is 0 Å². The van der Waals surface area contributed by atoms with Crippen LogP contribution in [0.5, 0.6) is 0 Å². The molecule has 0 spiro atoms. The standard InChI is InChI=1S/C14H27NO2/c1-13(2)9-15(10-14(3,4)17-13)8-11-6-5-7-12(11)16/h11-12,16H,5-10H2,1-4H3. The van der Waals surface area contributed by atoms with Crippen molar-refractivity contribution in [2.24, 2.45) is 5.92 Å². The summed E-state index contributed by atoms with van der Waals surface area (Å²) in [6.45, 7) is 11.6. The topological polar surface area (TPSA) is 32.7 Å². The van der Waals surface area contributed by atoms with E-state index in [4.69, 9.17) is 4.74 Å². The minimum atomic E-state index is -0.0796. The summed E-state index contributed by atoms with van der Waals surface area (Å²) in [5, 5.41) is 9.92. The molecule has 0 aromatic heterocycles. The zero-order chi connectivity index (χ0) is 12.7. The molecule has 3 heteroatoms. The lowest BCUT2D eigenvalue weighted by atomic mass is 9.96. The second kappa shape index (κ2) is 4.52. The fraction of sp³-hybridized carbons (Fsp3) is 1.00. The van der Waals surface area contributed by atoms with Gasteiger partial charge in [-0.1, -0.05) is 6.42 Å². The molecule has 1 aliphatic carbocycles. The Morgan fingerprint density at radius 1 is 1.12 bits per heavy atom. The molecule has 2 unspecified atom stereocenters. The third-order valence-corrected chi connectivity index (χ3v) is 3.87. The Labute approximate surface area is 105 Å². The molecule has 0 amide bonds. The van der Waals surface area contributed by atoms with Crippen molar-refractivity contribution >= 4 is 0 Å². The van der Waals surface area contributed by atoms with Gasteiger partial charge in [-0.2, -0.15) is 0 Å². The third-order valence-electron chi connectivity index (χ3n) is 3.87. The van der Waals surface area contributed by atoms with Gasteiger partial charge in [-0.05, 0) is 46.5 Å². The van der Waals surface area contributed by atoms with Crippen molar-refractivity contribution in [2.75, 3.05) is 19.6 Å². The van der Waals surface area contributed by atoms with Crippen LogP contribution >= 0.6 is 0 Å². The van der Waals surface area contributed by atoms with E-state index >= 15 is 0 Å². The van der Waals surface area contributed by atoms with Crippen LogP contribution in [0.4, 0.5) is 0 Å². The maximum absolute atomic E-state index is 9.92. The average Bonchev–Trinajstić information content (AvgIpc) is 2.45. The van der Waals surface area contributed by atoms with Crippen molar-refractivity contribution in [2.45, 2.75) is 64.3 Å². The Morgan fingerprint density at radius 2 is 1.71 bits per heavy atom. The summed E-state index contributed by atoms with van der Waals surface area (Å²) in [5.74, 6) is 0.472. The van der Waals surface area contributed by atoms with E-state index in [1.54, 1.807) is 0 Å². The fourth-order valence-corrected chi connectivity index (χ4v) is 3.64. The highest BCUT2D eigenvalue weighted by Gasteiger charge is 2.39. The molecule has 1 N–H and O–H groups in total. The van der Waals surface area contributed by atoms with E-state index in [9.17, 15) is 5.11 Å². The highest BCUT2D eigenvalue weighted by atomic mass is 16.5. The average molecular weight is 241 g/mol. The van der Waals surface area contributed by atoms with E-state index in [0.717, 1.165) is 26.1 Å². The minimum absolute atomic E-state index is 0.0781. The molecule has 2 rings (SSSR count). The van der Waals surface area contributed by atoms with Crippen LogP contribution in [-0.2, 0) is 4.74 Å². The van der Waals surface area contributed by atoms with Crippen LogP contribution in [0.3, 0.4) is 0 Å². The predicted molar refractivity (Wildman–Crippen MR) is 69.0 cm³/mol. The molecule has 0 aromatic rings. The lowest BCUT2D eigenvalue weighted by Crippen LogP contribution is -2.58. The van der Waals surface area contributed by atoms with Crippen LogP contribution in [0.15, 0.2) is 0 Å². The molecule has 3 nitrogen and oxygen atoms in total. The Hall–Kier alpha value is -0.120. The van der Waals surface area contributed by atoms with Gasteiger partial charge in [0.25, 0.3) is 0 Å². The number of nitrogens with zero attached hydrogens (tertiary/aromatic N) is 1. The smallest absolute Gasteiger partial charge is 0.0760 e. The van der Waals surface area contributed by atoms with Crippen molar-refractivity contribution < 1.29 is 9.84 Å². The summed E-state index contributed by atoms with van der Waals surface area (Å²) in [6.07, 6.45) is 3.27. The molecule has 100 valence electrons. The first kappa shape index (κ1) is 13.3. The maximum atomic E-state index is 9.92. The van der Waals surface area contributed by atoms with Gasteiger partial charge in [-0.3, -0.25) is 4.90 Å². The minimum Gasteiger partial charge on any atom is -0.393 e. The highest BCUT2D eigenvalue weighted by molar-refractivity contribution is 4.91. The largest absolute Gasteiger partial charge is 0.393 e. The first-order valence-electron chi connectivity index (χ1n) is 6.88. The molecule has 1 saturated carbocycles. The van der Waals surface area contributed by atoms with E-state index in [1.165, 1.54) is 12.8 Å². The molecule has 1 heterocycles. The number of morpholine rings is 1. The molecule has 0 radical (unpaired) electrons. The van der Waals surface area contributed by atoms with Gasteiger partial charge >= 0.3 is 0 Å². The van der Waals surface area contributed by atoms with Crippen LogP contribution < -0.4 is 0 Å². The molecule has 2 atom stereocenters. The van der Waals surface area contributed by atoms with E-state index < -0.39 is 0 Å². The fourth-order valence-electron chi connectivity index (χ4n) is 3.64. The molecule has 1 aliphatic heterocycles. The quantitative estimate of drug-likeness (QED) is 0.803. The van der Waals surface area contributed by atoms with Crippen LogP contribution in [0.25, 0.3) is 0 Å². The van der Waals surface area contributed by atoms with Gasteiger partial charge in [-0.15, -0.1) is 0 Å². The van der Waals surface area contributed by atoms with Crippen LogP contribution in [0, 0.1) is 5.92 Å². The number of aliphatic hydroxyl groups is 1. The first-order valence-corrected chi connectivity index (χ1v) is 6.88. The van der Waals surface area contributed by atoms with Gasteiger partial charge in [-0.25, -0.2) is 0 Å². The number of hydrogen-bond acceptors (Lipinski definition) is 3. The normalized spacial score (nSPS) is 37.2. The van der Waals surface area contributed by atoms with Crippen LogP contribution in [-0.4, -0.2) is 46.9 Å². The summed E-state index contributed by atoms with van der Waals surface area (Å²) in [5.41, 5.74) is -0.156. The highest BCUT2D eigenvalue weighted by Crippen LogP contribution is 2.31. The Balaban J connectivity index is 1.96. The lowest BCUT2D eigenvalue weighted by molar-refractivity contribution is -0.183. The predicted octanol–water partition coefficient (Wildman–Crippen LogP) is 2.04. The summed E-state index contributed by atoms with van der Waals surface area (Å²) >= 11 is 0. The van der Waals surface area contributed by atoms with Crippen LogP contribution in [0.1, 0.15) is 47.0 Å². The van der Waals surface area contributed by atoms with Gasteiger partial charge in [0.15, 0.2) is 0 Å². The second-order valence-electron chi connectivity index (χ2n) is 7.05. The first-order chi connectivity index (χ1) is 7.77. The van der Waals surface area contributed by atoms with E-state index in [0.29, 0.717) is 5.92 Å². The zero-order valence-electron chi connectivity index (χ0n) is 11.7. The SMILES string of the molecule is CC1(C)CN(CC2CCCC2O)CC(C)(C)O1. The Kier molecular flexibility index (Phi) is 3.54. The molecule has 17 heavy (non-hydrogen) atoms. The molecular weight excluding hydrogens is 214 g/mol. The molecule has 0 aromatic carbocycles. The van der Waals surface area contributed by atoms with E-state index in [1.807, 2.05) is 0 Å². The molecule has 1 saturated heterocycles. The summed E-state index contributed by atoms with van der Waals surface area (Å²) in [6, 6.07) is 0. The van der Waals surface area contributed by atoms with Gasteiger partial charge in [0, 0.05) is 19.6 Å². The summed E-state index contributed by atoms with van der Waals surface area (Å²) < 4.78 is 6.08. The number of hydrogen-bond donors (Lipinski definition) is 1. The van der Waals surface area contributed by atoms with Crippen molar-refractivity contribution in [3.8, 4) is 0 Å². The summed E-state index contributed by atoms with van der Waals surface area (Å²) in [4.78, 5) is 2.47. The number of rotatable bonds is 2. The molecule has 2 fully saturated rings. The molecular formula is C14H27NO2. The monoisotopic (exact) mass is 241 g/mol. The Morgan fingerprint density at radius 3 is 2.18 bits per heavy atom. The Bertz CT molecular complexity index is 259. The lowest BCUT2D eigenvalue weighted by Gasteiger charge is -2.48. The molecule has 2 aliphatic rings. The van der Waals surface area contributed by atoms with E-state index in [2.05, 4.69) is 32.6 Å². The van der Waals surface area contributed by atoms with Crippen LogP contribution in [0.2, 0.25) is 0 Å². The van der Waals surface area contributed by atoms with Gasteiger partial charge in [0.1, 0.15) is 0 Å². The van der Waals surface area contributed by atoms with E-state index in [-0.39, 0.29) is 17.3 Å². The van der Waals surface area contributed by atoms with Gasteiger partial charge in [0.05, 0.1) is 17.3 Å². The van der Waals surface area contributed by atoms with Gasteiger partial charge in [0.2, 0.25) is 0 Å². The summed E-state index contributed by atoms with van der Waals surface area (Å²) in [7, 11) is 0. The van der Waals surface area contributed by atoms with Crippen molar-refractivity contribution in [1.82, 2.24) is 4.90 Å². The molecule has 0 bridgehead atoms. The number of ether oxygens (including phenoxy) is 1. The number of aliphatic hydroxyl groups excluding tert-OH is 1. The van der Waals surface area contributed by atoms with Crippen molar-refractivity contribution in [3.05, 3.63) is 0 Å². The van der Waals surface area contributed by atoms with Crippen molar-refractivity contribution in [1.29, 1.82) is 0 Å². The van der Waals surface area contributed by atoms with Gasteiger partial charge < -0.3 is 9.84 Å².